The van der Waals surface area contributed by atoms with Crippen LogP contribution in [0, 0.1) is 5.41 Å². The molecule has 13 rings (SSSR count). The zero-order chi connectivity index (χ0) is 45.6. The van der Waals surface area contributed by atoms with Gasteiger partial charge in [0.25, 0.3) is 0 Å². The highest BCUT2D eigenvalue weighted by Crippen LogP contribution is 2.78. The molecule has 3 heterocycles. The highest BCUT2D eigenvalue weighted by molar-refractivity contribution is 5.92. The maximum atomic E-state index is 13.7. The van der Waals surface area contributed by atoms with Crippen LogP contribution in [-0.4, -0.2) is 47.6 Å². The van der Waals surface area contributed by atoms with E-state index in [0.29, 0.717) is 39.5 Å². The van der Waals surface area contributed by atoms with Gasteiger partial charge in [-0.15, -0.1) is 0 Å². The van der Waals surface area contributed by atoms with Crippen LogP contribution in [0.15, 0.2) is 146 Å². The van der Waals surface area contributed by atoms with Crippen LogP contribution in [-0.2, 0) is 4.79 Å². The highest BCUT2D eigenvalue weighted by atomic mass is 16.5. The fraction of sp³-hybridized carbons (Fsp3) is 0.196. The van der Waals surface area contributed by atoms with E-state index in [4.69, 9.17) is 14.2 Å². The molecule has 0 bridgehead atoms. The quantitative estimate of drug-likeness (QED) is 0.0872. The van der Waals surface area contributed by atoms with Crippen molar-refractivity contribution in [3.63, 3.8) is 0 Å². The molecule has 7 N–H and O–H groups in total. The van der Waals surface area contributed by atoms with E-state index in [-0.39, 0.29) is 52.5 Å². The van der Waals surface area contributed by atoms with Gasteiger partial charge in [-0.05, 0) is 124 Å². The number of benzene rings is 7. The Morgan fingerprint density at radius 3 is 1.52 bits per heavy atom. The summed E-state index contributed by atoms with van der Waals surface area (Å²) in [5, 5.41) is 77.5. The molecule has 0 saturated heterocycles. The Labute approximate surface area is 383 Å². The molecule has 11 heteroatoms. The van der Waals surface area contributed by atoms with E-state index in [1.165, 1.54) is 6.07 Å². The smallest absolute Gasteiger partial charge is 0.159 e. The number of ketones is 1. The summed E-state index contributed by atoms with van der Waals surface area (Å²) in [6.45, 7) is 0. The van der Waals surface area contributed by atoms with Crippen LogP contribution in [0.4, 0.5) is 0 Å². The second kappa shape index (κ2) is 14.0. The molecule has 332 valence electrons. The standard InChI is InChI=1S/C56H42O11/c57-30-10-4-26(5-11-30)52-49(39-21-36(63)23-42-46(39)45(29-18-34(61)20-35(62)19-29)54(66-42)27-6-12-31(58)13-7-27)50-40-22-37(64)24-43-47(40)51(55(67-43)28-8-14-32(59)15-9-28)38-2-1-3-41-48(38)53(50)56(52)17-16-33(60)25-44(56)65-41/h1-24,44-45,49-55,57-59,61-64H,25H2/t44-,45+,49+,50+,51+,52-,53-,54-,55-,56+/m0/s1. The number of rotatable bonds is 5. The van der Waals surface area contributed by atoms with Crippen LogP contribution < -0.4 is 14.2 Å². The molecule has 1 fully saturated rings. The van der Waals surface area contributed by atoms with Gasteiger partial charge in [0.05, 0.1) is 11.8 Å². The molecule has 0 amide bonds. The second-order valence-electron chi connectivity index (χ2n) is 18.9. The van der Waals surface area contributed by atoms with Crippen molar-refractivity contribution in [2.45, 2.75) is 60.2 Å². The average Bonchev–Trinajstić information content (AvgIpc) is 3.94. The minimum atomic E-state index is -0.956. The zero-order valence-electron chi connectivity index (χ0n) is 35.5. The summed E-state index contributed by atoms with van der Waals surface area (Å²) in [7, 11) is 0. The summed E-state index contributed by atoms with van der Waals surface area (Å²) in [6.07, 6.45) is 1.79. The van der Waals surface area contributed by atoms with E-state index in [2.05, 4.69) is 6.07 Å². The van der Waals surface area contributed by atoms with Crippen molar-refractivity contribution in [1.82, 2.24) is 0 Å². The summed E-state index contributed by atoms with van der Waals surface area (Å²) in [6, 6.07) is 38.1. The number of carbonyl (C=O) groups is 1. The molecule has 3 aliphatic heterocycles. The van der Waals surface area contributed by atoms with Gasteiger partial charge in [0.15, 0.2) is 5.78 Å². The molecule has 10 atom stereocenters. The summed E-state index contributed by atoms with van der Waals surface area (Å²) < 4.78 is 21.1. The van der Waals surface area contributed by atoms with E-state index in [0.717, 1.165) is 33.4 Å². The molecular formula is C56H42O11. The molecule has 3 aliphatic carbocycles. The lowest BCUT2D eigenvalue weighted by atomic mass is 9.58. The number of ether oxygens (including phenoxy) is 3. The number of aromatic hydroxyl groups is 7. The number of carbonyl (C=O) groups excluding carboxylic acids is 1. The van der Waals surface area contributed by atoms with Gasteiger partial charge in [0.1, 0.15) is 75.8 Å². The molecule has 7 aromatic carbocycles. The van der Waals surface area contributed by atoms with Crippen molar-refractivity contribution in [2.75, 3.05) is 0 Å². The molecule has 7 aromatic rings. The van der Waals surface area contributed by atoms with Gasteiger partial charge in [0, 0.05) is 58.6 Å². The average molecular weight is 891 g/mol. The number of allylic oxidation sites excluding steroid dienone is 1. The second-order valence-corrected chi connectivity index (χ2v) is 18.9. The van der Waals surface area contributed by atoms with Crippen LogP contribution in [0.2, 0.25) is 0 Å². The predicted molar refractivity (Wildman–Crippen MR) is 244 cm³/mol. The summed E-state index contributed by atoms with van der Waals surface area (Å²) >= 11 is 0. The maximum absolute atomic E-state index is 13.7. The molecule has 0 unspecified atom stereocenters. The number of hydrogen-bond donors (Lipinski definition) is 7. The number of phenolic OH excluding ortho intramolecular Hbond substituents is 7. The molecule has 67 heavy (non-hydrogen) atoms. The van der Waals surface area contributed by atoms with Crippen LogP contribution in [0.5, 0.6) is 57.5 Å². The lowest BCUT2D eigenvalue weighted by Gasteiger charge is -2.50. The SMILES string of the molecule is O=C1C=C[C@]23[C@H](C1)Oc1cccc4c1[C@H]2[C@H](c1cc(O)cc2c1[C@@H]4[C@H](c1ccc(O)cc1)O2)[C@@H](c1cc(O)cc2c1[C@@H](c1cc(O)cc(O)c1)[C@H](c1ccc(O)cc1)O2)[C@@H]3c1ccc(O)cc1. The normalized spacial score (nSPS) is 27.7. The highest BCUT2D eigenvalue weighted by Gasteiger charge is 2.70. The largest absolute Gasteiger partial charge is 0.508 e. The van der Waals surface area contributed by atoms with Gasteiger partial charge in [-0.2, -0.15) is 0 Å². The van der Waals surface area contributed by atoms with Gasteiger partial charge >= 0.3 is 0 Å². The zero-order valence-corrected chi connectivity index (χ0v) is 35.5. The van der Waals surface area contributed by atoms with Gasteiger partial charge in [-0.3, -0.25) is 4.79 Å². The lowest BCUT2D eigenvalue weighted by Crippen LogP contribution is -2.50. The Morgan fingerprint density at radius 1 is 0.433 bits per heavy atom. The monoisotopic (exact) mass is 890 g/mol. The van der Waals surface area contributed by atoms with E-state index in [1.54, 1.807) is 84.9 Å². The van der Waals surface area contributed by atoms with Crippen LogP contribution in [0.3, 0.4) is 0 Å². The Morgan fingerprint density at radius 2 is 0.940 bits per heavy atom. The Kier molecular flexibility index (Phi) is 8.21. The molecular weight excluding hydrogens is 849 g/mol. The summed E-state index contributed by atoms with van der Waals surface area (Å²) in [5.41, 5.74) is 6.95. The lowest BCUT2D eigenvalue weighted by molar-refractivity contribution is -0.119. The van der Waals surface area contributed by atoms with Crippen molar-refractivity contribution in [3.05, 3.63) is 201 Å². The van der Waals surface area contributed by atoms with Crippen molar-refractivity contribution >= 4 is 5.78 Å². The third-order valence-corrected chi connectivity index (χ3v) is 15.5. The van der Waals surface area contributed by atoms with Gasteiger partial charge in [-0.25, -0.2) is 0 Å². The minimum absolute atomic E-state index is 0.00568. The third kappa shape index (κ3) is 5.60. The summed E-state index contributed by atoms with van der Waals surface area (Å²) in [4.78, 5) is 13.7. The molecule has 6 aliphatic rings. The predicted octanol–water partition coefficient (Wildman–Crippen LogP) is 10.2. The first-order valence-electron chi connectivity index (χ1n) is 22.4. The molecule has 0 aromatic heterocycles. The molecule has 11 nitrogen and oxygen atoms in total. The minimum Gasteiger partial charge on any atom is -0.508 e. The van der Waals surface area contributed by atoms with Gasteiger partial charge < -0.3 is 50.0 Å². The topological polar surface area (TPSA) is 186 Å². The van der Waals surface area contributed by atoms with Gasteiger partial charge in [-0.1, -0.05) is 54.6 Å². The molecule has 1 spiro atoms. The third-order valence-electron chi connectivity index (χ3n) is 15.5. The Hall–Kier alpha value is -8.05. The maximum Gasteiger partial charge on any atom is 0.159 e. The number of hydrogen-bond acceptors (Lipinski definition) is 11. The number of fused-ring (bicyclic) bond motifs is 3. The Balaban J connectivity index is 1.15. The Bertz CT molecular complexity index is 3230. The first kappa shape index (κ1) is 39.3. The van der Waals surface area contributed by atoms with E-state index < -0.39 is 59.2 Å². The fourth-order valence-electron chi connectivity index (χ4n) is 13.2. The first-order valence-corrected chi connectivity index (χ1v) is 22.4. The van der Waals surface area contributed by atoms with Crippen LogP contribution >= 0.6 is 0 Å². The van der Waals surface area contributed by atoms with Crippen LogP contribution in [0.1, 0.15) is 110 Å². The van der Waals surface area contributed by atoms with Crippen molar-refractivity contribution in [1.29, 1.82) is 0 Å². The van der Waals surface area contributed by atoms with Gasteiger partial charge in [0.2, 0.25) is 0 Å². The van der Waals surface area contributed by atoms with E-state index in [9.17, 15) is 40.5 Å². The van der Waals surface area contributed by atoms with Crippen molar-refractivity contribution in [3.8, 4) is 57.5 Å². The molecule has 0 radical (unpaired) electrons. The van der Waals surface area contributed by atoms with Crippen LogP contribution in [0.25, 0.3) is 0 Å². The first-order chi connectivity index (χ1) is 32.4. The fourth-order valence-corrected chi connectivity index (χ4v) is 13.2. The molecule has 1 saturated carbocycles. The van der Waals surface area contributed by atoms with E-state index >= 15 is 0 Å². The van der Waals surface area contributed by atoms with Crippen molar-refractivity contribution < 1.29 is 54.8 Å². The number of phenols is 7. The summed E-state index contributed by atoms with van der Waals surface area (Å²) in [5.74, 6) is -1.87. The van der Waals surface area contributed by atoms with E-state index in [1.807, 2.05) is 48.5 Å². The van der Waals surface area contributed by atoms with Crippen molar-refractivity contribution in [2.24, 2.45) is 5.41 Å².